The molecule has 0 bridgehead atoms. The molecule has 0 atom stereocenters. The maximum Gasteiger partial charge on any atom is 0.256 e. The number of carbonyl (C=O) groups is 2. The molecule has 6 nitrogen and oxygen atoms in total. The number of hydrogen-bond acceptors (Lipinski definition) is 3. The minimum Gasteiger partial charge on any atom is -0.349 e. The van der Waals surface area contributed by atoms with Crippen LogP contribution in [0.15, 0.2) is 91.3 Å². The van der Waals surface area contributed by atoms with Crippen LogP contribution in [0.3, 0.4) is 0 Å². The summed E-state index contributed by atoms with van der Waals surface area (Å²) >= 11 is 0. The summed E-state index contributed by atoms with van der Waals surface area (Å²) in [6.45, 7) is 0.695. The van der Waals surface area contributed by atoms with Crippen LogP contribution in [-0.2, 0) is 6.54 Å². The van der Waals surface area contributed by atoms with Crippen molar-refractivity contribution in [3.63, 3.8) is 0 Å². The lowest BCUT2D eigenvalue weighted by molar-refractivity contribution is 0.0949. The fourth-order valence-electron chi connectivity index (χ4n) is 3.74. The molecule has 1 aliphatic rings. The number of anilines is 1. The van der Waals surface area contributed by atoms with Gasteiger partial charge in [-0.3, -0.25) is 14.3 Å². The highest BCUT2D eigenvalue weighted by atomic mass is 16.2. The summed E-state index contributed by atoms with van der Waals surface area (Å²) in [5.41, 5.74) is 4.65. The number of amides is 2. The van der Waals surface area contributed by atoms with E-state index in [4.69, 9.17) is 0 Å². The molecule has 1 aliphatic carbocycles. The van der Waals surface area contributed by atoms with Crippen LogP contribution in [0.4, 0.5) is 5.69 Å². The van der Waals surface area contributed by atoms with E-state index >= 15 is 0 Å². The molecule has 5 rings (SSSR count). The Hall–Kier alpha value is -4.19. The Morgan fingerprint density at radius 1 is 0.909 bits per heavy atom. The third kappa shape index (κ3) is 5.01. The number of rotatable bonds is 7. The Kier molecular flexibility index (Phi) is 5.72. The van der Waals surface area contributed by atoms with Gasteiger partial charge in [0.15, 0.2) is 0 Å². The molecule has 0 unspecified atom stereocenters. The first-order valence-electron chi connectivity index (χ1n) is 11.0. The molecule has 4 aromatic rings. The van der Waals surface area contributed by atoms with Crippen LogP contribution in [0, 0.1) is 0 Å². The summed E-state index contributed by atoms with van der Waals surface area (Å²) in [7, 11) is 0. The molecule has 6 heteroatoms. The molecule has 1 heterocycles. The van der Waals surface area contributed by atoms with Crippen LogP contribution in [0.25, 0.3) is 11.1 Å². The summed E-state index contributed by atoms with van der Waals surface area (Å²) in [5, 5.41) is 10.2. The number of benzene rings is 3. The topological polar surface area (TPSA) is 76.0 Å². The standard InChI is InChI=1S/C27H24N4O2/c32-26(29-22-13-14-22)21-5-3-6-23(17-21)30-27(33)25-8-2-1-7-24(25)20-11-9-19(10-12-20)18-31-16-4-15-28-31/h1-12,15-17,22H,13-14,18H2,(H,29,32)(H,30,33). The fourth-order valence-corrected chi connectivity index (χ4v) is 3.74. The molecule has 0 aliphatic heterocycles. The molecule has 0 saturated heterocycles. The first-order valence-corrected chi connectivity index (χ1v) is 11.0. The van der Waals surface area contributed by atoms with Gasteiger partial charge in [0.2, 0.25) is 0 Å². The van der Waals surface area contributed by atoms with Crippen molar-refractivity contribution in [3.8, 4) is 11.1 Å². The quantitative estimate of drug-likeness (QED) is 0.439. The number of nitrogens with one attached hydrogen (secondary N) is 2. The van der Waals surface area contributed by atoms with E-state index in [2.05, 4.69) is 15.7 Å². The summed E-state index contributed by atoms with van der Waals surface area (Å²) in [6, 6.07) is 24.9. The summed E-state index contributed by atoms with van der Waals surface area (Å²) in [5.74, 6) is -0.324. The van der Waals surface area contributed by atoms with Gasteiger partial charge in [0.25, 0.3) is 11.8 Å². The van der Waals surface area contributed by atoms with Crippen molar-refractivity contribution in [2.75, 3.05) is 5.32 Å². The van der Waals surface area contributed by atoms with Crippen molar-refractivity contribution in [1.29, 1.82) is 0 Å². The molecule has 0 spiro atoms. The first kappa shape index (κ1) is 20.7. The van der Waals surface area contributed by atoms with Crippen molar-refractivity contribution in [2.45, 2.75) is 25.4 Å². The van der Waals surface area contributed by atoms with Crippen molar-refractivity contribution >= 4 is 17.5 Å². The lowest BCUT2D eigenvalue weighted by Gasteiger charge is -2.12. The van der Waals surface area contributed by atoms with Gasteiger partial charge in [0.1, 0.15) is 0 Å². The second kappa shape index (κ2) is 9.12. The zero-order chi connectivity index (χ0) is 22.6. The van der Waals surface area contributed by atoms with Gasteiger partial charge in [0.05, 0.1) is 6.54 Å². The maximum atomic E-state index is 13.1. The number of hydrogen-bond donors (Lipinski definition) is 2. The number of carbonyl (C=O) groups excluding carboxylic acids is 2. The van der Waals surface area contributed by atoms with E-state index in [1.165, 1.54) is 0 Å². The van der Waals surface area contributed by atoms with Crippen LogP contribution in [-0.4, -0.2) is 27.6 Å². The SMILES string of the molecule is O=C(NC1CC1)c1cccc(NC(=O)c2ccccc2-c2ccc(Cn3cccn3)cc2)c1. The van der Waals surface area contributed by atoms with E-state index < -0.39 is 0 Å². The molecule has 1 fully saturated rings. The van der Waals surface area contributed by atoms with Crippen molar-refractivity contribution < 1.29 is 9.59 Å². The third-order valence-corrected chi connectivity index (χ3v) is 5.64. The summed E-state index contributed by atoms with van der Waals surface area (Å²) in [4.78, 5) is 25.5. The molecule has 0 radical (unpaired) electrons. The highest BCUT2D eigenvalue weighted by Crippen LogP contribution is 2.26. The third-order valence-electron chi connectivity index (χ3n) is 5.64. The molecule has 33 heavy (non-hydrogen) atoms. The van der Waals surface area contributed by atoms with Crippen molar-refractivity contribution in [2.24, 2.45) is 0 Å². The van der Waals surface area contributed by atoms with Crippen LogP contribution in [0.2, 0.25) is 0 Å². The zero-order valence-corrected chi connectivity index (χ0v) is 18.1. The second-order valence-corrected chi connectivity index (χ2v) is 8.23. The first-order chi connectivity index (χ1) is 16.2. The minimum atomic E-state index is -0.217. The second-order valence-electron chi connectivity index (χ2n) is 8.23. The maximum absolute atomic E-state index is 13.1. The molecule has 2 N–H and O–H groups in total. The number of nitrogens with zero attached hydrogens (tertiary/aromatic N) is 2. The predicted octanol–water partition coefficient (Wildman–Crippen LogP) is 4.74. The monoisotopic (exact) mass is 436 g/mol. The Morgan fingerprint density at radius 2 is 1.73 bits per heavy atom. The molecule has 1 saturated carbocycles. The van der Waals surface area contributed by atoms with E-state index in [0.717, 1.165) is 29.5 Å². The molecular formula is C27H24N4O2. The summed E-state index contributed by atoms with van der Waals surface area (Å²) in [6.07, 6.45) is 5.75. The highest BCUT2D eigenvalue weighted by Gasteiger charge is 2.24. The minimum absolute atomic E-state index is 0.107. The fraction of sp³-hybridized carbons (Fsp3) is 0.148. The molecule has 2 amide bonds. The smallest absolute Gasteiger partial charge is 0.256 e. The predicted molar refractivity (Wildman–Crippen MR) is 128 cm³/mol. The molecule has 164 valence electrons. The van der Waals surface area contributed by atoms with Gasteiger partial charge in [-0.25, -0.2) is 0 Å². The average Bonchev–Trinajstić information content (AvgIpc) is 3.51. The van der Waals surface area contributed by atoms with Gasteiger partial charge in [-0.05, 0) is 59.9 Å². The van der Waals surface area contributed by atoms with Gasteiger partial charge in [0, 0.05) is 35.2 Å². The van der Waals surface area contributed by atoms with Crippen LogP contribution >= 0.6 is 0 Å². The van der Waals surface area contributed by atoms with Gasteiger partial charge in [-0.1, -0.05) is 48.5 Å². The van der Waals surface area contributed by atoms with E-state index in [-0.39, 0.29) is 17.9 Å². The zero-order valence-electron chi connectivity index (χ0n) is 18.1. The molecule has 1 aromatic heterocycles. The summed E-state index contributed by atoms with van der Waals surface area (Å²) < 4.78 is 1.87. The Morgan fingerprint density at radius 3 is 2.48 bits per heavy atom. The largest absolute Gasteiger partial charge is 0.349 e. The van der Waals surface area contributed by atoms with Gasteiger partial charge in [-0.15, -0.1) is 0 Å². The average molecular weight is 437 g/mol. The number of aromatic nitrogens is 2. The Bertz CT molecular complexity index is 1280. The lowest BCUT2D eigenvalue weighted by atomic mass is 9.98. The van der Waals surface area contributed by atoms with Gasteiger partial charge >= 0.3 is 0 Å². The van der Waals surface area contributed by atoms with Gasteiger partial charge < -0.3 is 10.6 Å². The lowest BCUT2D eigenvalue weighted by Crippen LogP contribution is -2.25. The van der Waals surface area contributed by atoms with E-state index in [1.807, 2.05) is 65.5 Å². The van der Waals surface area contributed by atoms with Crippen LogP contribution in [0.1, 0.15) is 39.1 Å². The van der Waals surface area contributed by atoms with E-state index in [0.29, 0.717) is 23.4 Å². The Balaban J connectivity index is 1.33. The molecule has 3 aromatic carbocycles. The van der Waals surface area contributed by atoms with Crippen LogP contribution in [0.5, 0.6) is 0 Å². The molecular weight excluding hydrogens is 412 g/mol. The van der Waals surface area contributed by atoms with Crippen LogP contribution < -0.4 is 10.6 Å². The highest BCUT2D eigenvalue weighted by molar-refractivity contribution is 6.09. The van der Waals surface area contributed by atoms with Crippen molar-refractivity contribution in [1.82, 2.24) is 15.1 Å². The van der Waals surface area contributed by atoms with E-state index in [1.54, 1.807) is 30.5 Å². The van der Waals surface area contributed by atoms with Gasteiger partial charge in [-0.2, -0.15) is 5.10 Å². The Labute approximate surface area is 192 Å². The van der Waals surface area contributed by atoms with Crippen molar-refractivity contribution in [3.05, 3.63) is 108 Å². The van der Waals surface area contributed by atoms with E-state index in [9.17, 15) is 9.59 Å². The normalized spacial score (nSPS) is 12.8.